The standard InChI is InChI=1S/C20H29N/c1-3-5-7-16-8-11-18(12-9-16)20-13-10-17(6-4-2)14-19(20)15-21/h8-9,11-12,17,19-20H,3-7,10,13-14H2,1-2H3. The van der Waals surface area contributed by atoms with Crippen molar-refractivity contribution >= 4 is 0 Å². The van der Waals surface area contributed by atoms with Crippen LogP contribution >= 0.6 is 0 Å². The summed E-state index contributed by atoms with van der Waals surface area (Å²) in [6.45, 7) is 4.49. The first kappa shape index (κ1) is 16.1. The third-order valence-electron chi connectivity index (χ3n) is 5.05. The topological polar surface area (TPSA) is 23.8 Å². The van der Waals surface area contributed by atoms with Crippen molar-refractivity contribution in [3.8, 4) is 6.07 Å². The molecule has 0 aromatic heterocycles. The van der Waals surface area contributed by atoms with Gasteiger partial charge in [-0.3, -0.25) is 0 Å². The van der Waals surface area contributed by atoms with Crippen molar-refractivity contribution in [2.75, 3.05) is 0 Å². The summed E-state index contributed by atoms with van der Waals surface area (Å²) in [7, 11) is 0. The summed E-state index contributed by atoms with van der Waals surface area (Å²) in [6, 6.07) is 11.7. The Bertz CT molecular complexity index is 454. The fraction of sp³-hybridized carbons (Fsp3) is 0.650. The Morgan fingerprint density at radius 1 is 1.10 bits per heavy atom. The molecule has 1 nitrogen and oxygen atoms in total. The van der Waals surface area contributed by atoms with Gasteiger partial charge >= 0.3 is 0 Å². The molecule has 0 saturated heterocycles. The van der Waals surface area contributed by atoms with Crippen molar-refractivity contribution in [3.05, 3.63) is 35.4 Å². The van der Waals surface area contributed by atoms with Crippen molar-refractivity contribution < 1.29 is 0 Å². The molecular weight excluding hydrogens is 254 g/mol. The highest BCUT2D eigenvalue weighted by molar-refractivity contribution is 5.27. The lowest BCUT2D eigenvalue weighted by atomic mass is 9.71. The van der Waals surface area contributed by atoms with Gasteiger partial charge in [0.05, 0.1) is 12.0 Å². The Morgan fingerprint density at radius 2 is 1.86 bits per heavy atom. The van der Waals surface area contributed by atoms with Crippen LogP contribution in [0.15, 0.2) is 24.3 Å². The second kappa shape index (κ2) is 8.23. The van der Waals surface area contributed by atoms with E-state index < -0.39 is 0 Å². The first-order valence-corrected chi connectivity index (χ1v) is 8.76. The van der Waals surface area contributed by atoms with Gasteiger partial charge in [-0.15, -0.1) is 0 Å². The molecule has 0 N–H and O–H groups in total. The molecule has 0 bridgehead atoms. The first-order chi connectivity index (χ1) is 10.3. The fourth-order valence-electron chi connectivity index (χ4n) is 3.78. The summed E-state index contributed by atoms with van der Waals surface area (Å²) in [6.07, 6.45) is 9.84. The molecule has 0 radical (unpaired) electrons. The van der Waals surface area contributed by atoms with Gasteiger partial charge in [-0.05, 0) is 55.1 Å². The number of aryl methyl sites for hydroxylation is 1. The zero-order valence-electron chi connectivity index (χ0n) is 13.6. The van der Waals surface area contributed by atoms with Gasteiger partial charge in [0.2, 0.25) is 0 Å². The molecule has 1 aromatic carbocycles. The normalized spacial score (nSPS) is 25.5. The van der Waals surface area contributed by atoms with E-state index >= 15 is 0 Å². The second-order valence-electron chi connectivity index (χ2n) is 6.65. The van der Waals surface area contributed by atoms with Gasteiger partial charge in [0.15, 0.2) is 0 Å². The molecule has 1 fully saturated rings. The minimum atomic E-state index is 0.219. The molecule has 0 amide bonds. The minimum Gasteiger partial charge on any atom is -0.198 e. The highest BCUT2D eigenvalue weighted by Crippen LogP contribution is 2.41. The monoisotopic (exact) mass is 283 g/mol. The van der Waals surface area contributed by atoms with Crippen LogP contribution in [-0.4, -0.2) is 0 Å². The third kappa shape index (κ3) is 4.34. The second-order valence-corrected chi connectivity index (χ2v) is 6.65. The van der Waals surface area contributed by atoms with E-state index in [0.29, 0.717) is 5.92 Å². The Hall–Kier alpha value is -1.29. The molecule has 1 saturated carbocycles. The Balaban J connectivity index is 2.02. The summed E-state index contributed by atoms with van der Waals surface area (Å²) in [4.78, 5) is 0. The largest absolute Gasteiger partial charge is 0.198 e. The maximum absolute atomic E-state index is 9.53. The highest BCUT2D eigenvalue weighted by atomic mass is 14.4. The average molecular weight is 283 g/mol. The molecule has 0 heterocycles. The summed E-state index contributed by atoms with van der Waals surface area (Å²) in [5.74, 6) is 1.46. The van der Waals surface area contributed by atoms with E-state index in [-0.39, 0.29) is 5.92 Å². The SMILES string of the molecule is CCCCc1ccc(C2CCC(CCC)CC2C#N)cc1. The third-order valence-corrected chi connectivity index (χ3v) is 5.05. The molecule has 114 valence electrons. The van der Waals surface area contributed by atoms with Crippen LogP contribution in [0.2, 0.25) is 0 Å². The van der Waals surface area contributed by atoms with Gasteiger partial charge in [0.25, 0.3) is 0 Å². The predicted octanol–water partition coefficient (Wildman–Crippen LogP) is 5.85. The van der Waals surface area contributed by atoms with Gasteiger partial charge in [-0.25, -0.2) is 0 Å². The maximum atomic E-state index is 9.53. The molecular formula is C20H29N. The molecule has 1 aliphatic rings. The van der Waals surface area contributed by atoms with Crippen LogP contribution in [0.1, 0.15) is 75.8 Å². The van der Waals surface area contributed by atoms with Crippen LogP contribution in [0.5, 0.6) is 0 Å². The number of rotatable bonds is 6. The average Bonchev–Trinajstić information content (AvgIpc) is 2.53. The number of hydrogen-bond acceptors (Lipinski definition) is 1. The molecule has 3 unspecified atom stereocenters. The number of nitrogens with zero attached hydrogens (tertiary/aromatic N) is 1. The van der Waals surface area contributed by atoms with E-state index in [1.54, 1.807) is 0 Å². The van der Waals surface area contributed by atoms with Crippen molar-refractivity contribution in [1.82, 2.24) is 0 Å². The van der Waals surface area contributed by atoms with Crippen molar-refractivity contribution in [1.29, 1.82) is 5.26 Å². The lowest BCUT2D eigenvalue weighted by Crippen LogP contribution is -2.22. The van der Waals surface area contributed by atoms with Crippen molar-refractivity contribution in [2.45, 2.75) is 71.1 Å². The van der Waals surface area contributed by atoms with Gasteiger partial charge in [0.1, 0.15) is 0 Å². The molecule has 0 aliphatic heterocycles. The summed E-state index contributed by atoms with van der Waals surface area (Å²) < 4.78 is 0. The lowest BCUT2D eigenvalue weighted by molar-refractivity contribution is 0.261. The van der Waals surface area contributed by atoms with E-state index in [4.69, 9.17) is 0 Å². The van der Waals surface area contributed by atoms with Crippen molar-refractivity contribution in [2.24, 2.45) is 11.8 Å². The smallest absolute Gasteiger partial charge is 0.0662 e. The van der Waals surface area contributed by atoms with Crippen molar-refractivity contribution in [3.63, 3.8) is 0 Å². The van der Waals surface area contributed by atoms with E-state index in [0.717, 1.165) is 12.3 Å². The fourth-order valence-corrected chi connectivity index (χ4v) is 3.78. The van der Waals surface area contributed by atoms with Gasteiger partial charge < -0.3 is 0 Å². The maximum Gasteiger partial charge on any atom is 0.0662 e. The van der Waals surface area contributed by atoms with Crippen LogP contribution < -0.4 is 0 Å². The Morgan fingerprint density at radius 3 is 2.48 bits per heavy atom. The molecule has 1 heteroatoms. The lowest BCUT2D eigenvalue weighted by Gasteiger charge is -2.32. The van der Waals surface area contributed by atoms with Crippen LogP contribution in [-0.2, 0) is 6.42 Å². The quantitative estimate of drug-likeness (QED) is 0.642. The Kier molecular flexibility index (Phi) is 6.30. The molecule has 21 heavy (non-hydrogen) atoms. The number of hydrogen-bond donors (Lipinski definition) is 0. The predicted molar refractivity (Wildman–Crippen MR) is 89.1 cm³/mol. The van der Waals surface area contributed by atoms with Gasteiger partial charge in [0, 0.05) is 0 Å². The summed E-state index contributed by atoms with van der Waals surface area (Å²) >= 11 is 0. The van der Waals surface area contributed by atoms with Crippen LogP contribution in [0.3, 0.4) is 0 Å². The molecule has 3 atom stereocenters. The zero-order valence-corrected chi connectivity index (χ0v) is 13.6. The minimum absolute atomic E-state index is 0.219. The van der Waals surface area contributed by atoms with E-state index in [1.807, 2.05) is 0 Å². The molecule has 0 spiro atoms. The number of unbranched alkanes of at least 4 members (excludes halogenated alkanes) is 1. The van der Waals surface area contributed by atoms with Gasteiger partial charge in [-0.1, -0.05) is 57.4 Å². The summed E-state index contributed by atoms with van der Waals surface area (Å²) in [5, 5.41) is 9.53. The first-order valence-electron chi connectivity index (χ1n) is 8.76. The van der Waals surface area contributed by atoms with E-state index in [9.17, 15) is 5.26 Å². The zero-order chi connectivity index (χ0) is 15.1. The number of nitriles is 1. The van der Waals surface area contributed by atoms with E-state index in [1.165, 1.54) is 56.1 Å². The molecule has 2 rings (SSSR count). The van der Waals surface area contributed by atoms with Crippen LogP contribution in [0, 0.1) is 23.2 Å². The van der Waals surface area contributed by atoms with E-state index in [2.05, 4.69) is 44.2 Å². The summed E-state index contributed by atoms with van der Waals surface area (Å²) in [5.41, 5.74) is 2.82. The number of benzene rings is 1. The highest BCUT2D eigenvalue weighted by Gasteiger charge is 2.31. The molecule has 1 aliphatic carbocycles. The Labute approximate surface area is 130 Å². The van der Waals surface area contributed by atoms with Crippen LogP contribution in [0.4, 0.5) is 0 Å². The molecule has 1 aromatic rings. The van der Waals surface area contributed by atoms with Crippen LogP contribution in [0.25, 0.3) is 0 Å². The van der Waals surface area contributed by atoms with Gasteiger partial charge in [-0.2, -0.15) is 5.26 Å².